The molecule has 0 atom stereocenters. The lowest BCUT2D eigenvalue weighted by Gasteiger charge is -2.34. The fourth-order valence-electron chi connectivity index (χ4n) is 2.84. The van der Waals surface area contributed by atoms with Gasteiger partial charge in [-0.25, -0.2) is 0 Å². The molecule has 1 aliphatic carbocycles. The molecule has 2 rings (SSSR count). The molecule has 0 aliphatic heterocycles. The van der Waals surface area contributed by atoms with Crippen molar-refractivity contribution in [2.75, 3.05) is 6.54 Å². The van der Waals surface area contributed by atoms with Crippen LogP contribution in [0.15, 0.2) is 24.3 Å². The monoisotopic (exact) mass is 260 g/mol. The Hall–Kier alpha value is -1.35. The van der Waals surface area contributed by atoms with Crippen molar-refractivity contribution in [3.8, 4) is 0 Å². The smallest absolute Gasteiger partial charge is 0.251 e. The number of hydrogen-bond acceptors (Lipinski definition) is 2. The minimum absolute atomic E-state index is 0.0286. The van der Waals surface area contributed by atoms with Gasteiger partial charge in [-0.3, -0.25) is 4.79 Å². The van der Waals surface area contributed by atoms with Crippen LogP contribution in [0.4, 0.5) is 0 Å². The molecule has 0 unspecified atom stereocenters. The molecule has 0 aromatic heterocycles. The second kappa shape index (κ2) is 6.20. The molecule has 1 aromatic carbocycles. The molecule has 19 heavy (non-hydrogen) atoms. The van der Waals surface area contributed by atoms with E-state index in [1.54, 1.807) is 0 Å². The molecule has 0 spiro atoms. The minimum Gasteiger partial charge on any atom is -0.347 e. The van der Waals surface area contributed by atoms with Crippen LogP contribution >= 0.6 is 0 Å². The quantitative estimate of drug-likeness (QED) is 0.874. The Kier molecular flexibility index (Phi) is 4.59. The SMILES string of the molecule is CC1(NC(=O)c2cccc(CCN)c2)CCCCC1. The third-order valence-corrected chi connectivity index (χ3v) is 3.99. The average Bonchev–Trinajstić information content (AvgIpc) is 2.40. The molecule has 104 valence electrons. The first kappa shape index (κ1) is 14.1. The van der Waals surface area contributed by atoms with Crippen LogP contribution < -0.4 is 11.1 Å². The summed E-state index contributed by atoms with van der Waals surface area (Å²) in [6, 6.07) is 7.78. The van der Waals surface area contributed by atoms with Gasteiger partial charge in [0.2, 0.25) is 0 Å². The summed E-state index contributed by atoms with van der Waals surface area (Å²) in [5.41, 5.74) is 7.40. The maximum Gasteiger partial charge on any atom is 0.251 e. The lowest BCUT2D eigenvalue weighted by molar-refractivity contribution is 0.0882. The number of nitrogens with one attached hydrogen (secondary N) is 1. The van der Waals surface area contributed by atoms with Crippen LogP contribution in [0.1, 0.15) is 54.9 Å². The van der Waals surface area contributed by atoms with E-state index >= 15 is 0 Å². The van der Waals surface area contributed by atoms with Gasteiger partial charge in [-0.05, 0) is 50.4 Å². The van der Waals surface area contributed by atoms with Crippen LogP contribution in [-0.4, -0.2) is 18.0 Å². The Morgan fingerprint density at radius 2 is 2.05 bits per heavy atom. The fraction of sp³-hybridized carbons (Fsp3) is 0.562. The molecule has 0 saturated heterocycles. The zero-order chi connectivity index (χ0) is 13.7. The molecule has 0 heterocycles. The van der Waals surface area contributed by atoms with Gasteiger partial charge in [-0.2, -0.15) is 0 Å². The first-order valence-corrected chi connectivity index (χ1v) is 7.24. The standard InChI is InChI=1S/C16H24N2O/c1-16(9-3-2-4-10-16)18-15(19)14-7-5-6-13(12-14)8-11-17/h5-7,12H,2-4,8-11,17H2,1H3,(H,18,19). The Morgan fingerprint density at radius 3 is 2.74 bits per heavy atom. The maximum absolute atomic E-state index is 12.3. The van der Waals surface area contributed by atoms with Crippen molar-refractivity contribution in [2.24, 2.45) is 5.73 Å². The summed E-state index contributed by atoms with van der Waals surface area (Å²) in [5.74, 6) is 0.0447. The average molecular weight is 260 g/mol. The van der Waals surface area contributed by atoms with Gasteiger partial charge in [-0.1, -0.05) is 31.4 Å². The van der Waals surface area contributed by atoms with Crippen molar-refractivity contribution >= 4 is 5.91 Å². The van der Waals surface area contributed by atoms with E-state index < -0.39 is 0 Å². The highest BCUT2D eigenvalue weighted by molar-refractivity contribution is 5.94. The largest absolute Gasteiger partial charge is 0.347 e. The van der Waals surface area contributed by atoms with E-state index in [0.29, 0.717) is 6.54 Å². The van der Waals surface area contributed by atoms with Gasteiger partial charge in [0.15, 0.2) is 0 Å². The summed E-state index contributed by atoms with van der Waals surface area (Å²) in [5, 5.41) is 3.21. The Morgan fingerprint density at radius 1 is 1.32 bits per heavy atom. The Bertz CT molecular complexity index is 436. The third-order valence-electron chi connectivity index (χ3n) is 3.99. The second-order valence-electron chi connectivity index (χ2n) is 5.81. The lowest BCUT2D eigenvalue weighted by Crippen LogP contribution is -2.47. The Balaban J connectivity index is 2.04. The third kappa shape index (κ3) is 3.80. The summed E-state index contributed by atoms with van der Waals surface area (Å²) in [6.07, 6.45) is 6.70. The molecule has 3 N–H and O–H groups in total. The van der Waals surface area contributed by atoms with E-state index in [2.05, 4.69) is 12.2 Å². The van der Waals surface area contributed by atoms with Crippen molar-refractivity contribution < 1.29 is 4.79 Å². The van der Waals surface area contributed by atoms with Crippen LogP contribution in [0.25, 0.3) is 0 Å². The lowest BCUT2D eigenvalue weighted by atomic mass is 9.83. The number of carbonyl (C=O) groups is 1. The zero-order valence-corrected chi connectivity index (χ0v) is 11.7. The van der Waals surface area contributed by atoms with Gasteiger partial charge in [-0.15, -0.1) is 0 Å². The van der Waals surface area contributed by atoms with Gasteiger partial charge < -0.3 is 11.1 Å². The molecule has 1 saturated carbocycles. The van der Waals surface area contributed by atoms with Crippen molar-refractivity contribution in [3.63, 3.8) is 0 Å². The molecule has 1 aromatic rings. The van der Waals surface area contributed by atoms with Crippen LogP contribution in [0.5, 0.6) is 0 Å². The maximum atomic E-state index is 12.3. The van der Waals surface area contributed by atoms with Crippen molar-refractivity contribution in [1.29, 1.82) is 0 Å². The molecule has 3 heteroatoms. The normalized spacial score (nSPS) is 18.0. The summed E-state index contributed by atoms with van der Waals surface area (Å²) >= 11 is 0. The summed E-state index contributed by atoms with van der Waals surface area (Å²) in [4.78, 5) is 12.3. The molecule has 0 radical (unpaired) electrons. The minimum atomic E-state index is -0.0286. The van der Waals surface area contributed by atoms with Gasteiger partial charge in [0.1, 0.15) is 0 Å². The van der Waals surface area contributed by atoms with Crippen LogP contribution in [0.3, 0.4) is 0 Å². The highest BCUT2D eigenvalue weighted by Crippen LogP contribution is 2.27. The van der Waals surface area contributed by atoms with Crippen LogP contribution in [0.2, 0.25) is 0 Å². The molecule has 1 amide bonds. The fourth-order valence-corrected chi connectivity index (χ4v) is 2.84. The predicted octanol–water partition coefficient (Wildman–Crippen LogP) is 2.64. The van der Waals surface area contributed by atoms with Gasteiger partial charge in [0.05, 0.1) is 0 Å². The van der Waals surface area contributed by atoms with E-state index in [9.17, 15) is 4.79 Å². The molecule has 1 fully saturated rings. The van der Waals surface area contributed by atoms with Crippen molar-refractivity contribution in [2.45, 2.75) is 51.0 Å². The number of nitrogens with two attached hydrogens (primary N) is 1. The van der Waals surface area contributed by atoms with E-state index in [1.165, 1.54) is 19.3 Å². The van der Waals surface area contributed by atoms with E-state index in [0.717, 1.165) is 30.4 Å². The molecular weight excluding hydrogens is 236 g/mol. The topological polar surface area (TPSA) is 55.1 Å². The first-order chi connectivity index (χ1) is 9.13. The highest BCUT2D eigenvalue weighted by Gasteiger charge is 2.28. The van der Waals surface area contributed by atoms with Gasteiger partial charge in [0, 0.05) is 11.1 Å². The van der Waals surface area contributed by atoms with E-state index in [4.69, 9.17) is 5.73 Å². The first-order valence-electron chi connectivity index (χ1n) is 7.24. The number of hydrogen-bond donors (Lipinski definition) is 2. The van der Waals surface area contributed by atoms with Crippen LogP contribution in [0, 0.1) is 0 Å². The molecule has 1 aliphatic rings. The predicted molar refractivity (Wildman–Crippen MR) is 78.2 cm³/mol. The van der Waals surface area contributed by atoms with E-state index in [1.807, 2.05) is 24.3 Å². The number of rotatable bonds is 4. The van der Waals surface area contributed by atoms with E-state index in [-0.39, 0.29) is 11.4 Å². The van der Waals surface area contributed by atoms with Gasteiger partial charge in [0.25, 0.3) is 5.91 Å². The van der Waals surface area contributed by atoms with Crippen molar-refractivity contribution in [1.82, 2.24) is 5.32 Å². The summed E-state index contributed by atoms with van der Waals surface area (Å²) < 4.78 is 0. The van der Waals surface area contributed by atoms with Crippen LogP contribution in [-0.2, 0) is 6.42 Å². The molecular formula is C16H24N2O. The number of amides is 1. The Labute approximate surface area is 115 Å². The second-order valence-corrected chi connectivity index (χ2v) is 5.81. The summed E-state index contributed by atoms with van der Waals surface area (Å²) in [6.45, 7) is 2.77. The highest BCUT2D eigenvalue weighted by atomic mass is 16.1. The molecule has 3 nitrogen and oxygen atoms in total. The number of benzene rings is 1. The number of carbonyl (C=O) groups excluding carboxylic acids is 1. The zero-order valence-electron chi connectivity index (χ0n) is 11.7. The summed E-state index contributed by atoms with van der Waals surface area (Å²) in [7, 11) is 0. The van der Waals surface area contributed by atoms with Gasteiger partial charge >= 0.3 is 0 Å². The molecule has 0 bridgehead atoms. The van der Waals surface area contributed by atoms with Crippen molar-refractivity contribution in [3.05, 3.63) is 35.4 Å².